The predicted molar refractivity (Wildman–Crippen MR) is 110 cm³/mol. The maximum Gasteiger partial charge on any atom is 0.348 e. The maximum atomic E-state index is 12.6. The van der Waals surface area contributed by atoms with Crippen molar-refractivity contribution in [1.82, 2.24) is 0 Å². The van der Waals surface area contributed by atoms with Crippen molar-refractivity contribution in [2.75, 3.05) is 0 Å². The van der Waals surface area contributed by atoms with Gasteiger partial charge < -0.3 is 4.74 Å². The first-order valence-electron chi connectivity index (χ1n) is 11.2. The van der Waals surface area contributed by atoms with Gasteiger partial charge in [-0.15, -0.1) is 11.3 Å². The van der Waals surface area contributed by atoms with Gasteiger partial charge in [-0.2, -0.15) is 0 Å². The summed E-state index contributed by atoms with van der Waals surface area (Å²) >= 11 is 1.46. The number of carbonyl (C=O) groups is 2. The number of ketones is 1. The maximum absolute atomic E-state index is 12.6. The molecule has 3 nitrogen and oxygen atoms in total. The molecule has 7 atom stereocenters. The third kappa shape index (κ3) is 2.74. The minimum absolute atomic E-state index is 0.0300. The third-order valence-electron chi connectivity index (χ3n) is 9.32. The lowest BCUT2D eigenvalue weighted by atomic mass is 9.45. The molecular weight excluding hydrogens is 368 g/mol. The number of rotatable bonds is 2. The van der Waals surface area contributed by atoms with Gasteiger partial charge in [0.2, 0.25) is 0 Å². The van der Waals surface area contributed by atoms with Crippen molar-refractivity contribution in [1.29, 1.82) is 0 Å². The normalized spacial score (nSPS) is 45.1. The summed E-state index contributed by atoms with van der Waals surface area (Å²) in [5.74, 6) is 3.15. The minimum Gasteiger partial charge on any atom is -0.458 e. The van der Waals surface area contributed by atoms with Crippen LogP contribution >= 0.6 is 11.3 Å². The van der Waals surface area contributed by atoms with E-state index in [4.69, 9.17) is 4.74 Å². The summed E-state index contributed by atoms with van der Waals surface area (Å²) in [7, 11) is 0. The van der Waals surface area contributed by atoms with Crippen LogP contribution in [0.5, 0.6) is 0 Å². The minimum atomic E-state index is -0.143. The summed E-state index contributed by atoms with van der Waals surface area (Å²) in [5.41, 5.74) is 0.333. The van der Waals surface area contributed by atoms with E-state index in [-0.39, 0.29) is 17.5 Å². The highest BCUT2D eigenvalue weighted by Gasteiger charge is 2.60. The van der Waals surface area contributed by atoms with Gasteiger partial charge in [-0.25, -0.2) is 4.79 Å². The van der Waals surface area contributed by atoms with E-state index in [0.717, 1.165) is 48.8 Å². The van der Waals surface area contributed by atoms with Gasteiger partial charge in [0.15, 0.2) is 0 Å². The van der Waals surface area contributed by atoms with Gasteiger partial charge >= 0.3 is 5.97 Å². The van der Waals surface area contributed by atoms with E-state index in [1.165, 1.54) is 37.0 Å². The number of hydrogen-bond donors (Lipinski definition) is 0. The molecule has 4 aliphatic rings. The summed E-state index contributed by atoms with van der Waals surface area (Å²) in [5, 5.41) is 1.93. The molecular formula is C24H32O3S. The van der Waals surface area contributed by atoms with Crippen molar-refractivity contribution < 1.29 is 14.3 Å². The molecule has 0 bridgehead atoms. The van der Waals surface area contributed by atoms with Gasteiger partial charge in [0.05, 0.1) is 0 Å². The van der Waals surface area contributed by atoms with E-state index in [9.17, 15) is 9.59 Å². The zero-order valence-corrected chi connectivity index (χ0v) is 17.9. The summed E-state index contributed by atoms with van der Waals surface area (Å²) in [4.78, 5) is 25.7. The van der Waals surface area contributed by atoms with Crippen molar-refractivity contribution in [2.45, 2.75) is 77.7 Å². The first kappa shape index (κ1) is 18.8. The van der Waals surface area contributed by atoms with Crippen LogP contribution in [0.4, 0.5) is 0 Å². The van der Waals surface area contributed by atoms with Crippen LogP contribution in [-0.2, 0) is 9.53 Å². The Kier molecular flexibility index (Phi) is 4.50. The van der Waals surface area contributed by atoms with Gasteiger partial charge in [0.25, 0.3) is 0 Å². The molecule has 1 heterocycles. The molecule has 4 saturated carbocycles. The molecule has 28 heavy (non-hydrogen) atoms. The van der Waals surface area contributed by atoms with Crippen LogP contribution in [-0.4, -0.2) is 17.9 Å². The Morgan fingerprint density at radius 3 is 2.75 bits per heavy atom. The number of carbonyl (C=O) groups excluding carboxylic acids is 2. The monoisotopic (exact) mass is 400 g/mol. The number of hydrogen-bond acceptors (Lipinski definition) is 4. The highest BCUT2D eigenvalue weighted by molar-refractivity contribution is 7.11. The number of thiophene rings is 1. The van der Waals surface area contributed by atoms with Crippen LogP contribution < -0.4 is 0 Å². The molecule has 0 aliphatic heterocycles. The molecule has 152 valence electrons. The molecule has 1 aromatic heterocycles. The number of esters is 1. The second-order valence-corrected chi connectivity index (χ2v) is 11.3. The zero-order valence-electron chi connectivity index (χ0n) is 17.1. The quantitative estimate of drug-likeness (QED) is 0.582. The summed E-state index contributed by atoms with van der Waals surface area (Å²) < 4.78 is 5.89. The second-order valence-electron chi connectivity index (χ2n) is 10.4. The number of Topliss-reactive ketones (excluding diaryl/α,β-unsaturated/α-hetero) is 1. The molecule has 0 saturated heterocycles. The van der Waals surface area contributed by atoms with Crippen molar-refractivity contribution in [2.24, 2.45) is 34.5 Å². The summed E-state index contributed by atoms with van der Waals surface area (Å²) in [6.07, 6.45) is 10.0. The fraction of sp³-hybridized carbons (Fsp3) is 0.750. The highest BCUT2D eigenvalue weighted by Crippen LogP contribution is 2.65. The van der Waals surface area contributed by atoms with Gasteiger partial charge in [-0.05, 0) is 91.9 Å². The van der Waals surface area contributed by atoms with E-state index < -0.39 is 0 Å². The van der Waals surface area contributed by atoms with E-state index in [1.54, 1.807) is 0 Å². The van der Waals surface area contributed by atoms with Crippen molar-refractivity contribution in [3.05, 3.63) is 22.4 Å². The van der Waals surface area contributed by atoms with Gasteiger partial charge in [0, 0.05) is 11.8 Å². The average molecular weight is 401 g/mol. The Bertz CT molecular complexity index is 771. The van der Waals surface area contributed by atoms with Crippen molar-refractivity contribution in [3.8, 4) is 0 Å². The van der Waals surface area contributed by atoms with Crippen LogP contribution in [0.2, 0.25) is 0 Å². The Morgan fingerprint density at radius 2 is 1.96 bits per heavy atom. The summed E-state index contributed by atoms with van der Waals surface area (Å²) in [6.45, 7) is 4.78. The Balaban J connectivity index is 1.30. The lowest BCUT2D eigenvalue weighted by Gasteiger charge is -2.60. The molecule has 5 rings (SSSR count). The fourth-order valence-electron chi connectivity index (χ4n) is 7.70. The molecule has 0 aromatic carbocycles. The van der Waals surface area contributed by atoms with Crippen molar-refractivity contribution >= 4 is 23.1 Å². The number of fused-ring (bicyclic) bond motifs is 5. The summed E-state index contributed by atoms with van der Waals surface area (Å²) in [6, 6.07) is 3.76. The topological polar surface area (TPSA) is 43.4 Å². The van der Waals surface area contributed by atoms with Crippen LogP contribution in [0.1, 0.15) is 81.3 Å². The molecule has 4 heteroatoms. The molecule has 0 radical (unpaired) electrons. The SMILES string of the molecule is CC12CCC3C(CC[C@H]4CC(OC(=O)c5cccs5)CCC34C)C1CCC2=O. The molecule has 4 fully saturated rings. The van der Waals surface area contributed by atoms with Crippen LogP contribution in [0, 0.1) is 34.5 Å². The van der Waals surface area contributed by atoms with Gasteiger partial charge in [-0.1, -0.05) is 19.9 Å². The molecule has 0 amide bonds. The highest BCUT2D eigenvalue weighted by atomic mass is 32.1. The second kappa shape index (κ2) is 6.68. The molecule has 1 aromatic rings. The Labute approximate surface area is 172 Å². The molecule has 0 spiro atoms. The Morgan fingerprint density at radius 1 is 1.11 bits per heavy atom. The van der Waals surface area contributed by atoms with Crippen LogP contribution in [0.25, 0.3) is 0 Å². The van der Waals surface area contributed by atoms with Crippen LogP contribution in [0.3, 0.4) is 0 Å². The first-order valence-corrected chi connectivity index (χ1v) is 12.1. The largest absolute Gasteiger partial charge is 0.458 e. The predicted octanol–water partition coefficient (Wildman–Crippen LogP) is 5.89. The number of ether oxygens (including phenoxy) is 1. The standard InChI is InChI=1S/C24H32O3S/c1-23-11-9-16(27-22(26)20-4-3-13-28-20)14-15(23)5-6-17-18-7-8-21(25)24(18,2)12-10-19(17)23/h3-4,13,15-19H,5-12,14H2,1-2H3/t15-,16?,17?,18?,19?,23?,24?/m0/s1. The van der Waals surface area contributed by atoms with E-state index >= 15 is 0 Å². The lowest BCUT2D eigenvalue weighted by Crippen LogP contribution is -2.54. The smallest absolute Gasteiger partial charge is 0.348 e. The van der Waals surface area contributed by atoms with Gasteiger partial charge in [-0.3, -0.25) is 4.79 Å². The first-order chi connectivity index (χ1) is 13.4. The van der Waals surface area contributed by atoms with Crippen molar-refractivity contribution in [3.63, 3.8) is 0 Å². The fourth-order valence-corrected chi connectivity index (χ4v) is 8.31. The Hall–Kier alpha value is -1.16. The average Bonchev–Trinajstić information content (AvgIpc) is 3.31. The zero-order chi connectivity index (χ0) is 19.5. The molecule has 6 unspecified atom stereocenters. The van der Waals surface area contributed by atoms with E-state index in [2.05, 4.69) is 13.8 Å². The molecule has 0 N–H and O–H groups in total. The third-order valence-corrected chi connectivity index (χ3v) is 10.2. The van der Waals surface area contributed by atoms with Gasteiger partial charge in [0.1, 0.15) is 16.8 Å². The molecule has 4 aliphatic carbocycles. The van der Waals surface area contributed by atoms with E-state index in [0.29, 0.717) is 23.0 Å². The van der Waals surface area contributed by atoms with E-state index in [1.807, 2.05) is 17.5 Å². The van der Waals surface area contributed by atoms with Crippen LogP contribution in [0.15, 0.2) is 17.5 Å². The lowest BCUT2D eigenvalue weighted by molar-refractivity contribution is -0.142.